The van der Waals surface area contributed by atoms with Crippen LogP contribution in [0.1, 0.15) is 37.4 Å². The van der Waals surface area contributed by atoms with E-state index in [9.17, 15) is 53.5 Å². The van der Waals surface area contributed by atoms with Gasteiger partial charge in [-0.15, -0.1) is 0 Å². The van der Waals surface area contributed by atoms with Gasteiger partial charge in [-0.2, -0.15) is 44.8 Å². The van der Waals surface area contributed by atoms with E-state index in [0.717, 1.165) is 19.2 Å². The van der Waals surface area contributed by atoms with E-state index in [0.29, 0.717) is 0 Å². The number of halogens is 11. The summed E-state index contributed by atoms with van der Waals surface area (Å²) in [6.07, 6.45) is -19.0. The van der Waals surface area contributed by atoms with Gasteiger partial charge in [-0.1, -0.05) is 12.1 Å². The number of alkyl halides is 10. The highest BCUT2D eigenvalue weighted by molar-refractivity contribution is 9.10. The van der Waals surface area contributed by atoms with Gasteiger partial charge in [-0.05, 0) is 64.5 Å². The predicted molar refractivity (Wildman–Crippen MR) is 132 cm³/mol. The van der Waals surface area contributed by atoms with Crippen molar-refractivity contribution in [2.75, 3.05) is 17.3 Å². The Morgan fingerprint density at radius 1 is 0.833 bits per heavy atom. The van der Waals surface area contributed by atoms with Crippen LogP contribution in [0.2, 0.25) is 0 Å². The zero-order valence-electron chi connectivity index (χ0n) is 20.6. The zero-order valence-corrected chi connectivity index (χ0v) is 22.2. The molecule has 1 N–H and O–H groups in total. The summed E-state index contributed by atoms with van der Waals surface area (Å²) >= 11 is 2.47. The first kappa shape index (κ1) is 32.4. The van der Waals surface area contributed by atoms with Gasteiger partial charge in [0.1, 0.15) is 0 Å². The van der Waals surface area contributed by atoms with Gasteiger partial charge in [0, 0.05) is 33.9 Å². The molecule has 0 radical (unpaired) electrons. The second kappa shape index (κ2) is 11.3. The topological polar surface area (TPSA) is 73.2 Å². The number of nitriles is 1. The molecule has 0 bridgehead atoms. The number of carbonyl (C=O) groups excluding carboxylic acids is 2. The van der Waals surface area contributed by atoms with Crippen molar-refractivity contribution in [3.63, 3.8) is 0 Å². The van der Waals surface area contributed by atoms with Crippen molar-refractivity contribution in [3.05, 3.63) is 93.0 Å². The Morgan fingerprint density at radius 3 is 1.95 bits per heavy atom. The molecule has 0 fully saturated rings. The molecule has 0 aliphatic heterocycles. The van der Waals surface area contributed by atoms with Crippen LogP contribution in [0.25, 0.3) is 0 Å². The van der Waals surface area contributed by atoms with Gasteiger partial charge in [-0.3, -0.25) is 9.59 Å². The average Bonchev–Trinajstić information content (AvgIpc) is 2.89. The molecule has 0 unspecified atom stereocenters. The Balaban J connectivity index is 2.05. The number of benzene rings is 3. The molecule has 0 aliphatic rings. The summed E-state index contributed by atoms with van der Waals surface area (Å²) in [4.78, 5) is 25.9. The molecular formula is C26H14BrF10N3O2. The lowest BCUT2D eigenvalue weighted by molar-refractivity contribution is -0.348. The number of hydrogen-bond donors (Lipinski definition) is 1. The van der Waals surface area contributed by atoms with Crippen LogP contribution in [0.5, 0.6) is 0 Å². The Bertz CT molecular complexity index is 1560. The maximum atomic E-state index is 14.6. The summed E-state index contributed by atoms with van der Waals surface area (Å²) < 4.78 is 135. The van der Waals surface area contributed by atoms with E-state index in [1.54, 1.807) is 0 Å². The van der Waals surface area contributed by atoms with Crippen molar-refractivity contribution >= 4 is 39.1 Å². The van der Waals surface area contributed by atoms with Crippen LogP contribution < -0.4 is 10.2 Å². The third-order valence-corrected chi connectivity index (χ3v) is 6.41. The fourth-order valence-corrected chi connectivity index (χ4v) is 4.53. The standard InChI is InChI=1S/C26H14BrF10N3O2/c1-40(22(42)15-6-3-7-17(9-15)39-21(41)14-5-2-4-13(8-14)12-38)20-18(24(29,30)31)10-16(11-19(20)27)23(28,25(32,33)34)26(35,36)37/h2-11H,1H3,(H,39,41). The van der Waals surface area contributed by atoms with Crippen LogP contribution in [0.15, 0.2) is 65.1 Å². The summed E-state index contributed by atoms with van der Waals surface area (Å²) in [5, 5.41) is 11.4. The van der Waals surface area contributed by atoms with Crippen molar-refractivity contribution < 1.29 is 53.5 Å². The lowest BCUT2D eigenvalue weighted by Gasteiger charge is -2.32. The van der Waals surface area contributed by atoms with E-state index in [4.69, 9.17) is 5.26 Å². The second-order valence-corrected chi connectivity index (χ2v) is 9.45. The molecule has 0 atom stereocenters. The molecule has 0 heterocycles. The van der Waals surface area contributed by atoms with E-state index in [2.05, 4.69) is 21.2 Å². The number of hydrogen-bond acceptors (Lipinski definition) is 3. The first-order valence-corrected chi connectivity index (χ1v) is 11.9. The van der Waals surface area contributed by atoms with Crippen molar-refractivity contribution in [2.24, 2.45) is 0 Å². The van der Waals surface area contributed by atoms with Gasteiger partial charge in [0.2, 0.25) is 0 Å². The number of nitrogens with zero attached hydrogens (tertiary/aromatic N) is 2. The van der Waals surface area contributed by atoms with Crippen LogP contribution in [-0.2, 0) is 11.8 Å². The smallest absolute Gasteiger partial charge is 0.322 e. The van der Waals surface area contributed by atoms with Gasteiger partial charge in [-0.25, -0.2) is 4.39 Å². The average molecular weight is 670 g/mol. The first-order chi connectivity index (χ1) is 19.2. The first-order valence-electron chi connectivity index (χ1n) is 11.2. The highest BCUT2D eigenvalue weighted by atomic mass is 79.9. The fraction of sp³-hybridized carbons (Fsp3) is 0.192. The molecule has 5 nitrogen and oxygen atoms in total. The fourth-order valence-electron chi connectivity index (χ4n) is 3.80. The van der Waals surface area contributed by atoms with Gasteiger partial charge in [0.15, 0.2) is 0 Å². The van der Waals surface area contributed by atoms with Crippen LogP contribution in [0.4, 0.5) is 55.3 Å². The van der Waals surface area contributed by atoms with Crippen LogP contribution >= 0.6 is 15.9 Å². The summed E-state index contributed by atoms with van der Waals surface area (Å²) in [6.45, 7) is 0. The highest BCUT2D eigenvalue weighted by Crippen LogP contribution is 2.55. The molecule has 42 heavy (non-hydrogen) atoms. The third-order valence-electron chi connectivity index (χ3n) is 5.81. The molecule has 0 saturated carbocycles. The van der Waals surface area contributed by atoms with Gasteiger partial charge < -0.3 is 10.2 Å². The maximum absolute atomic E-state index is 14.6. The SMILES string of the molecule is CN(C(=O)c1cccc(NC(=O)c2cccc(C#N)c2)c1)c1c(Br)cc(C(F)(C(F)(F)F)C(F)(F)F)cc1C(F)(F)F. The lowest BCUT2D eigenvalue weighted by Crippen LogP contribution is -2.50. The van der Waals surface area contributed by atoms with E-state index >= 15 is 0 Å². The molecule has 0 aromatic heterocycles. The monoisotopic (exact) mass is 669 g/mol. The summed E-state index contributed by atoms with van der Waals surface area (Å²) in [5.41, 5.74) is -12.1. The Kier molecular flexibility index (Phi) is 8.69. The molecule has 0 saturated heterocycles. The quantitative estimate of drug-likeness (QED) is 0.279. The van der Waals surface area contributed by atoms with Crippen molar-refractivity contribution in [3.8, 4) is 6.07 Å². The molecule has 222 valence electrons. The van der Waals surface area contributed by atoms with Crippen LogP contribution in [0, 0.1) is 11.3 Å². The van der Waals surface area contributed by atoms with Crippen molar-refractivity contribution in [1.29, 1.82) is 5.26 Å². The molecular weight excluding hydrogens is 656 g/mol. The predicted octanol–water partition coefficient (Wildman–Crippen LogP) is 8.16. The second-order valence-electron chi connectivity index (χ2n) is 8.60. The van der Waals surface area contributed by atoms with Crippen molar-refractivity contribution in [2.45, 2.75) is 24.2 Å². The number of amides is 2. The number of anilines is 2. The summed E-state index contributed by atoms with van der Waals surface area (Å²) in [5.74, 6) is -1.94. The Morgan fingerprint density at radius 2 is 1.40 bits per heavy atom. The van der Waals surface area contributed by atoms with Gasteiger partial charge >= 0.3 is 24.2 Å². The molecule has 0 aliphatic carbocycles. The highest BCUT2D eigenvalue weighted by Gasteiger charge is 2.73. The minimum atomic E-state index is -6.68. The number of nitrogens with one attached hydrogen (secondary N) is 1. The Labute approximate surface area is 238 Å². The van der Waals surface area contributed by atoms with Gasteiger partial charge in [0.05, 0.1) is 22.9 Å². The van der Waals surface area contributed by atoms with Crippen LogP contribution in [0.3, 0.4) is 0 Å². The van der Waals surface area contributed by atoms with Crippen molar-refractivity contribution in [1.82, 2.24) is 0 Å². The molecule has 3 rings (SSSR count). The largest absolute Gasteiger partial charge is 0.435 e. The molecule has 2 amide bonds. The van der Waals surface area contributed by atoms with E-state index in [-0.39, 0.29) is 33.3 Å². The summed E-state index contributed by atoms with van der Waals surface area (Å²) in [6, 6.07) is 11.2. The lowest BCUT2D eigenvalue weighted by atomic mass is 9.91. The number of rotatable bonds is 5. The van der Waals surface area contributed by atoms with E-state index in [1.165, 1.54) is 36.4 Å². The molecule has 16 heteroatoms. The molecule has 3 aromatic carbocycles. The maximum Gasteiger partial charge on any atom is 0.435 e. The summed E-state index contributed by atoms with van der Waals surface area (Å²) in [7, 11) is 0.756. The Hall–Kier alpha value is -4.13. The van der Waals surface area contributed by atoms with Gasteiger partial charge in [0.25, 0.3) is 11.8 Å². The van der Waals surface area contributed by atoms with E-state index < -0.39 is 63.4 Å². The zero-order chi connectivity index (χ0) is 31.8. The number of carbonyl (C=O) groups is 2. The van der Waals surface area contributed by atoms with Crippen LogP contribution in [-0.4, -0.2) is 31.2 Å². The normalized spacial score (nSPS) is 12.5. The minimum Gasteiger partial charge on any atom is -0.322 e. The molecule has 3 aromatic rings. The minimum absolute atomic E-state index is 0.0235. The van der Waals surface area contributed by atoms with E-state index in [1.807, 2.05) is 6.07 Å². The molecule has 0 spiro atoms. The third kappa shape index (κ3) is 6.20.